The van der Waals surface area contributed by atoms with Crippen LogP contribution in [0.15, 0.2) is 36.5 Å². The first-order valence-electron chi connectivity index (χ1n) is 8.69. The van der Waals surface area contributed by atoms with E-state index in [-0.39, 0.29) is 5.91 Å². The lowest BCUT2D eigenvalue weighted by atomic mass is 10.0. The maximum absolute atomic E-state index is 12.6. The number of carbonyl (C=O) groups excluding carboxylic acids is 1. The van der Waals surface area contributed by atoms with E-state index in [0.29, 0.717) is 42.3 Å². The van der Waals surface area contributed by atoms with Gasteiger partial charge in [-0.25, -0.2) is 0 Å². The zero-order valence-corrected chi connectivity index (χ0v) is 15.7. The molecule has 0 unspecified atom stereocenters. The third-order valence-electron chi connectivity index (χ3n) is 4.61. The zero-order chi connectivity index (χ0) is 18.8. The molecule has 3 aromatic rings. The normalized spacial score (nSPS) is 14.1. The molecule has 1 N–H and O–H groups in total. The maximum Gasteiger partial charge on any atom is 0.261 e. The van der Waals surface area contributed by atoms with Crippen LogP contribution < -0.4 is 10.2 Å². The quantitative estimate of drug-likeness (QED) is 0.758. The molecule has 1 aliphatic rings. The van der Waals surface area contributed by atoms with Gasteiger partial charge in [-0.3, -0.25) is 9.78 Å². The molecule has 3 heterocycles. The van der Waals surface area contributed by atoms with Crippen molar-refractivity contribution in [2.75, 3.05) is 38.3 Å². The molecular formula is C20H18N4O2S. The summed E-state index contributed by atoms with van der Waals surface area (Å²) >= 11 is 1.36. The van der Waals surface area contributed by atoms with Crippen LogP contribution in [-0.2, 0) is 4.74 Å². The van der Waals surface area contributed by atoms with E-state index in [2.05, 4.69) is 21.3 Å². The summed E-state index contributed by atoms with van der Waals surface area (Å²) in [5.74, 6) is -0.195. The number of nitrogens with zero attached hydrogens (tertiary/aromatic N) is 3. The van der Waals surface area contributed by atoms with Gasteiger partial charge in [-0.05, 0) is 12.1 Å². The van der Waals surface area contributed by atoms with Crippen LogP contribution in [0.4, 0.5) is 5.00 Å². The molecule has 27 heavy (non-hydrogen) atoms. The van der Waals surface area contributed by atoms with E-state index < -0.39 is 0 Å². The molecule has 0 bridgehead atoms. The highest BCUT2D eigenvalue weighted by Gasteiger charge is 2.27. The minimum Gasteiger partial charge on any atom is -0.378 e. The number of thiophene rings is 1. The van der Waals surface area contributed by atoms with E-state index in [9.17, 15) is 10.1 Å². The molecule has 0 radical (unpaired) electrons. The van der Waals surface area contributed by atoms with Crippen molar-refractivity contribution in [2.45, 2.75) is 0 Å². The lowest BCUT2D eigenvalue weighted by molar-refractivity contribution is 0.0967. The number of nitriles is 1. The molecule has 7 heteroatoms. The van der Waals surface area contributed by atoms with E-state index in [4.69, 9.17) is 4.74 Å². The number of pyridine rings is 1. The molecule has 2 aromatic heterocycles. The number of fused-ring (bicyclic) bond motifs is 1. The Labute approximate surface area is 161 Å². The van der Waals surface area contributed by atoms with Crippen LogP contribution in [0.25, 0.3) is 22.0 Å². The van der Waals surface area contributed by atoms with Gasteiger partial charge in [-0.15, -0.1) is 11.3 Å². The molecule has 0 spiro atoms. The molecule has 136 valence electrons. The van der Waals surface area contributed by atoms with Crippen molar-refractivity contribution in [2.24, 2.45) is 0 Å². The summed E-state index contributed by atoms with van der Waals surface area (Å²) in [5.41, 5.74) is 2.84. The van der Waals surface area contributed by atoms with Crippen LogP contribution in [0.5, 0.6) is 0 Å². The summed E-state index contributed by atoms with van der Waals surface area (Å²) in [6.07, 6.45) is 1.74. The fourth-order valence-electron chi connectivity index (χ4n) is 3.27. The molecule has 6 nitrogen and oxygen atoms in total. The van der Waals surface area contributed by atoms with E-state index in [1.54, 1.807) is 13.2 Å². The number of hydrogen-bond acceptors (Lipinski definition) is 6. The van der Waals surface area contributed by atoms with Gasteiger partial charge in [0.25, 0.3) is 5.91 Å². The van der Waals surface area contributed by atoms with Crippen molar-refractivity contribution in [3.8, 4) is 17.2 Å². The number of hydrogen-bond donors (Lipinski definition) is 1. The van der Waals surface area contributed by atoms with E-state index in [1.165, 1.54) is 11.3 Å². The summed E-state index contributed by atoms with van der Waals surface area (Å²) < 4.78 is 5.42. The van der Waals surface area contributed by atoms with Gasteiger partial charge in [0.2, 0.25) is 0 Å². The van der Waals surface area contributed by atoms with Gasteiger partial charge in [-0.2, -0.15) is 5.26 Å². The average molecular weight is 378 g/mol. The Morgan fingerprint density at radius 1 is 1.33 bits per heavy atom. The van der Waals surface area contributed by atoms with Crippen LogP contribution in [0, 0.1) is 11.3 Å². The highest BCUT2D eigenvalue weighted by atomic mass is 32.1. The Morgan fingerprint density at radius 2 is 2.11 bits per heavy atom. The van der Waals surface area contributed by atoms with Gasteiger partial charge in [0, 0.05) is 42.8 Å². The first kappa shape index (κ1) is 17.5. The van der Waals surface area contributed by atoms with Crippen LogP contribution in [0.1, 0.15) is 15.2 Å². The highest BCUT2D eigenvalue weighted by molar-refractivity contribution is 7.18. The molecule has 1 fully saturated rings. The smallest absolute Gasteiger partial charge is 0.261 e. The molecule has 0 saturated carbocycles. The van der Waals surface area contributed by atoms with Gasteiger partial charge >= 0.3 is 0 Å². The number of benzene rings is 1. The monoisotopic (exact) mass is 378 g/mol. The molecule has 1 aliphatic heterocycles. The highest BCUT2D eigenvalue weighted by Crippen LogP contribution is 2.42. The fraction of sp³-hybridized carbons (Fsp3) is 0.250. The molecule has 1 aromatic carbocycles. The molecule has 0 aliphatic carbocycles. The SMILES string of the molecule is CNC(=O)c1sc(N2CCOCC2)c(C#N)c1-c1cnc2ccccc2c1. The second-order valence-electron chi connectivity index (χ2n) is 6.19. The third-order valence-corrected chi connectivity index (χ3v) is 5.86. The molecular weight excluding hydrogens is 360 g/mol. The number of anilines is 1. The fourth-order valence-corrected chi connectivity index (χ4v) is 4.54. The zero-order valence-electron chi connectivity index (χ0n) is 14.9. The molecule has 1 saturated heterocycles. The van der Waals surface area contributed by atoms with Crippen molar-refractivity contribution in [1.82, 2.24) is 10.3 Å². The summed E-state index contributed by atoms with van der Waals surface area (Å²) in [6.45, 7) is 2.64. The number of nitrogens with one attached hydrogen (secondary N) is 1. The largest absolute Gasteiger partial charge is 0.378 e. The number of aromatic nitrogens is 1. The predicted octanol–water partition coefficient (Wildman–Crippen LogP) is 3.03. The van der Waals surface area contributed by atoms with Gasteiger partial charge in [-0.1, -0.05) is 18.2 Å². The van der Waals surface area contributed by atoms with Gasteiger partial charge in [0.05, 0.1) is 24.3 Å². The average Bonchev–Trinajstić information content (AvgIpc) is 3.13. The first-order valence-corrected chi connectivity index (χ1v) is 9.51. The van der Waals surface area contributed by atoms with Crippen LogP contribution in [-0.4, -0.2) is 44.2 Å². The van der Waals surface area contributed by atoms with Crippen molar-refractivity contribution in [3.05, 3.63) is 47.0 Å². The Kier molecular flexibility index (Phi) is 4.75. The maximum atomic E-state index is 12.6. The minimum absolute atomic E-state index is 0.195. The first-order chi connectivity index (χ1) is 13.2. The Balaban J connectivity index is 1.92. The van der Waals surface area contributed by atoms with Crippen LogP contribution in [0.2, 0.25) is 0 Å². The minimum atomic E-state index is -0.195. The summed E-state index contributed by atoms with van der Waals surface area (Å²) in [5, 5.41) is 14.4. The van der Waals surface area contributed by atoms with Crippen molar-refractivity contribution < 1.29 is 9.53 Å². The topological polar surface area (TPSA) is 78.3 Å². The van der Waals surface area contributed by atoms with Gasteiger partial charge in [0.15, 0.2) is 0 Å². The van der Waals surface area contributed by atoms with E-state index in [1.807, 2.05) is 30.3 Å². The van der Waals surface area contributed by atoms with E-state index in [0.717, 1.165) is 21.5 Å². The van der Waals surface area contributed by atoms with Crippen molar-refractivity contribution in [1.29, 1.82) is 5.26 Å². The summed E-state index contributed by atoms with van der Waals surface area (Å²) in [4.78, 5) is 19.7. The number of para-hydroxylation sites is 1. The van der Waals surface area contributed by atoms with Crippen LogP contribution >= 0.6 is 11.3 Å². The van der Waals surface area contributed by atoms with Gasteiger partial charge < -0.3 is 15.0 Å². The third kappa shape index (κ3) is 3.14. The molecule has 4 rings (SSSR count). The number of amides is 1. The van der Waals surface area contributed by atoms with Crippen LogP contribution in [0.3, 0.4) is 0 Å². The number of carbonyl (C=O) groups is 1. The summed E-state index contributed by atoms with van der Waals surface area (Å²) in [7, 11) is 1.60. The van der Waals surface area contributed by atoms with Crippen molar-refractivity contribution >= 4 is 33.1 Å². The second kappa shape index (κ2) is 7.35. The second-order valence-corrected chi connectivity index (χ2v) is 7.19. The summed E-state index contributed by atoms with van der Waals surface area (Å²) in [6, 6.07) is 12.1. The van der Waals surface area contributed by atoms with Gasteiger partial charge in [0.1, 0.15) is 15.9 Å². The number of rotatable bonds is 3. The molecule has 0 atom stereocenters. The molecule has 1 amide bonds. The Hall–Kier alpha value is -2.95. The standard InChI is InChI=1S/C20H18N4O2S/c1-22-19(25)18-17(14-10-13-4-2-3-5-16(13)23-12-14)15(11-21)20(27-18)24-6-8-26-9-7-24/h2-5,10,12H,6-9H2,1H3,(H,22,25). The number of morpholine rings is 1. The van der Waals surface area contributed by atoms with Crippen molar-refractivity contribution in [3.63, 3.8) is 0 Å². The Bertz CT molecular complexity index is 1050. The lowest BCUT2D eigenvalue weighted by Crippen LogP contribution is -2.36. The lowest BCUT2D eigenvalue weighted by Gasteiger charge is -2.27. The van der Waals surface area contributed by atoms with E-state index >= 15 is 0 Å². The Morgan fingerprint density at radius 3 is 2.85 bits per heavy atom. The number of ether oxygens (including phenoxy) is 1. The predicted molar refractivity (Wildman–Crippen MR) is 106 cm³/mol.